The molecule has 2 unspecified atom stereocenters. The van der Waals surface area contributed by atoms with E-state index in [0.717, 1.165) is 35.9 Å². The molecule has 0 radical (unpaired) electrons. The van der Waals surface area contributed by atoms with Crippen molar-refractivity contribution in [3.05, 3.63) is 36.5 Å². The van der Waals surface area contributed by atoms with Gasteiger partial charge in [-0.25, -0.2) is 0 Å². The molecule has 1 fully saturated rings. The number of rotatable bonds is 4. The summed E-state index contributed by atoms with van der Waals surface area (Å²) in [6.45, 7) is 4.41. The minimum atomic E-state index is 0.117. The fraction of sp³-hybridized carbons (Fsp3) is 0.471. The Kier molecular flexibility index (Phi) is 3.59. The van der Waals surface area contributed by atoms with E-state index in [4.69, 9.17) is 16.3 Å². The maximum absolute atomic E-state index is 6.46. The number of hydrogen-bond acceptors (Lipinski definition) is 2. The second-order valence-corrected chi connectivity index (χ2v) is 6.10. The lowest BCUT2D eigenvalue weighted by Gasteiger charge is -2.52. The Bertz CT molecular complexity index is 603. The molecule has 2 nitrogen and oxygen atoms in total. The first-order valence-electron chi connectivity index (χ1n) is 7.35. The molecular weight excluding hydrogens is 270 g/mol. The number of aromatic nitrogens is 1. The van der Waals surface area contributed by atoms with E-state index in [0.29, 0.717) is 0 Å². The molecule has 1 saturated carbocycles. The lowest BCUT2D eigenvalue weighted by molar-refractivity contribution is -0.0453. The zero-order chi connectivity index (χ0) is 14.2. The molecule has 106 valence electrons. The first-order chi connectivity index (χ1) is 9.71. The number of fused-ring (bicyclic) bond motifs is 1. The highest BCUT2D eigenvalue weighted by Crippen LogP contribution is 2.52. The average molecular weight is 290 g/mol. The zero-order valence-electron chi connectivity index (χ0n) is 12.0. The Morgan fingerprint density at radius 1 is 1.25 bits per heavy atom. The van der Waals surface area contributed by atoms with Crippen LogP contribution in [0.4, 0.5) is 0 Å². The van der Waals surface area contributed by atoms with Crippen molar-refractivity contribution < 1.29 is 4.74 Å². The Labute approximate surface area is 125 Å². The van der Waals surface area contributed by atoms with E-state index in [1.807, 2.05) is 30.5 Å². The van der Waals surface area contributed by atoms with E-state index in [-0.39, 0.29) is 16.9 Å². The normalized spacial score (nSPS) is 24.4. The van der Waals surface area contributed by atoms with Gasteiger partial charge in [0.1, 0.15) is 11.9 Å². The molecule has 1 aliphatic rings. The molecule has 0 aliphatic heterocycles. The van der Waals surface area contributed by atoms with E-state index in [1.54, 1.807) is 0 Å². The number of halogens is 1. The topological polar surface area (TPSA) is 22.1 Å². The number of benzene rings is 1. The molecular formula is C17H20ClNO. The van der Waals surface area contributed by atoms with Crippen LogP contribution in [0.2, 0.25) is 0 Å². The highest BCUT2D eigenvalue weighted by atomic mass is 35.5. The largest absolute Gasteiger partial charge is 0.489 e. The van der Waals surface area contributed by atoms with Crippen LogP contribution < -0.4 is 4.74 Å². The van der Waals surface area contributed by atoms with Gasteiger partial charge in [0, 0.05) is 28.8 Å². The highest BCUT2D eigenvalue weighted by molar-refractivity contribution is 6.21. The van der Waals surface area contributed by atoms with Gasteiger partial charge in [-0.3, -0.25) is 4.98 Å². The molecule has 1 aromatic carbocycles. The van der Waals surface area contributed by atoms with Gasteiger partial charge in [-0.2, -0.15) is 0 Å². The van der Waals surface area contributed by atoms with E-state index in [1.165, 1.54) is 0 Å². The van der Waals surface area contributed by atoms with Gasteiger partial charge in [-0.1, -0.05) is 19.9 Å². The monoisotopic (exact) mass is 289 g/mol. The minimum Gasteiger partial charge on any atom is -0.489 e. The van der Waals surface area contributed by atoms with E-state index in [2.05, 4.69) is 24.9 Å². The van der Waals surface area contributed by atoms with Gasteiger partial charge < -0.3 is 4.74 Å². The van der Waals surface area contributed by atoms with E-state index >= 15 is 0 Å². The molecule has 2 aromatic rings. The quantitative estimate of drug-likeness (QED) is 0.754. The van der Waals surface area contributed by atoms with Crippen molar-refractivity contribution >= 4 is 22.5 Å². The van der Waals surface area contributed by atoms with Gasteiger partial charge in [0.2, 0.25) is 0 Å². The van der Waals surface area contributed by atoms with Gasteiger partial charge in [-0.15, -0.1) is 11.6 Å². The van der Waals surface area contributed by atoms with Crippen LogP contribution in [-0.4, -0.2) is 16.5 Å². The summed E-state index contributed by atoms with van der Waals surface area (Å²) >= 11 is 6.46. The van der Waals surface area contributed by atoms with Gasteiger partial charge in [-0.05, 0) is 37.1 Å². The van der Waals surface area contributed by atoms with Crippen molar-refractivity contribution in [2.45, 2.75) is 44.6 Å². The standard InChI is InChI=1S/C17H20ClNO/c1-3-17(4-2)15(18)11-16(17)20-14-9-5-8-13-12(14)7-6-10-19-13/h5-10,15-16H,3-4,11H2,1-2H3. The van der Waals surface area contributed by atoms with Crippen LogP contribution >= 0.6 is 11.6 Å². The average Bonchev–Trinajstić information content (AvgIpc) is 2.48. The Balaban J connectivity index is 1.91. The molecule has 20 heavy (non-hydrogen) atoms. The molecule has 3 rings (SSSR count). The van der Waals surface area contributed by atoms with Crippen LogP contribution in [0.1, 0.15) is 33.1 Å². The molecule has 0 amide bonds. The fourth-order valence-corrected chi connectivity index (χ4v) is 3.95. The molecule has 0 bridgehead atoms. The third kappa shape index (κ3) is 1.98. The van der Waals surface area contributed by atoms with Crippen molar-refractivity contribution in [3.8, 4) is 5.75 Å². The summed E-state index contributed by atoms with van der Waals surface area (Å²) in [7, 11) is 0. The summed E-state index contributed by atoms with van der Waals surface area (Å²) in [5.41, 5.74) is 1.09. The lowest BCUT2D eigenvalue weighted by atomic mass is 9.62. The summed E-state index contributed by atoms with van der Waals surface area (Å²) < 4.78 is 6.31. The Hall–Kier alpha value is -1.28. The van der Waals surface area contributed by atoms with Crippen LogP contribution in [0.15, 0.2) is 36.5 Å². The smallest absolute Gasteiger partial charge is 0.129 e. The van der Waals surface area contributed by atoms with E-state index in [9.17, 15) is 0 Å². The van der Waals surface area contributed by atoms with Gasteiger partial charge in [0.25, 0.3) is 0 Å². The highest BCUT2D eigenvalue weighted by Gasteiger charge is 2.53. The Morgan fingerprint density at radius 2 is 2.05 bits per heavy atom. The van der Waals surface area contributed by atoms with Crippen molar-refractivity contribution in [2.24, 2.45) is 5.41 Å². The summed E-state index contributed by atoms with van der Waals surface area (Å²) in [6, 6.07) is 10.1. The Morgan fingerprint density at radius 3 is 2.75 bits per heavy atom. The lowest BCUT2D eigenvalue weighted by Crippen LogP contribution is -2.56. The molecule has 0 saturated heterocycles. The van der Waals surface area contributed by atoms with Crippen LogP contribution in [0, 0.1) is 5.41 Å². The van der Waals surface area contributed by atoms with Crippen molar-refractivity contribution in [1.82, 2.24) is 4.98 Å². The molecule has 1 aromatic heterocycles. The number of pyridine rings is 1. The summed E-state index contributed by atoms with van der Waals surface area (Å²) in [6.07, 6.45) is 5.08. The number of ether oxygens (including phenoxy) is 1. The van der Waals surface area contributed by atoms with Crippen molar-refractivity contribution in [3.63, 3.8) is 0 Å². The number of nitrogens with zero attached hydrogens (tertiary/aromatic N) is 1. The SMILES string of the molecule is CCC1(CC)C(Cl)CC1Oc1cccc2ncccc12. The van der Waals surface area contributed by atoms with Crippen LogP contribution in [0.3, 0.4) is 0 Å². The summed E-state index contributed by atoms with van der Waals surface area (Å²) in [5, 5.41) is 1.31. The molecule has 0 spiro atoms. The zero-order valence-corrected chi connectivity index (χ0v) is 12.7. The van der Waals surface area contributed by atoms with Crippen molar-refractivity contribution in [1.29, 1.82) is 0 Å². The third-order valence-electron chi connectivity index (χ3n) is 4.88. The van der Waals surface area contributed by atoms with Crippen LogP contribution in [-0.2, 0) is 0 Å². The molecule has 1 heterocycles. The first kappa shape index (κ1) is 13.7. The predicted octanol–water partition coefficient (Wildman–Crippen LogP) is 4.80. The summed E-state index contributed by atoms with van der Waals surface area (Å²) in [4.78, 5) is 4.38. The van der Waals surface area contributed by atoms with Gasteiger partial charge in [0.05, 0.1) is 5.52 Å². The first-order valence-corrected chi connectivity index (χ1v) is 7.79. The number of alkyl halides is 1. The maximum atomic E-state index is 6.46. The van der Waals surface area contributed by atoms with Gasteiger partial charge >= 0.3 is 0 Å². The predicted molar refractivity (Wildman–Crippen MR) is 83.4 cm³/mol. The molecule has 1 aliphatic carbocycles. The van der Waals surface area contributed by atoms with E-state index < -0.39 is 0 Å². The minimum absolute atomic E-state index is 0.117. The molecule has 2 atom stereocenters. The van der Waals surface area contributed by atoms with Gasteiger partial charge in [0.15, 0.2) is 0 Å². The van der Waals surface area contributed by atoms with Crippen LogP contribution in [0.5, 0.6) is 5.75 Å². The van der Waals surface area contributed by atoms with Crippen molar-refractivity contribution in [2.75, 3.05) is 0 Å². The molecule has 3 heteroatoms. The van der Waals surface area contributed by atoms with Crippen LogP contribution in [0.25, 0.3) is 10.9 Å². The third-order valence-corrected chi connectivity index (χ3v) is 5.49. The second kappa shape index (κ2) is 5.25. The number of hydrogen-bond donors (Lipinski definition) is 0. The maximum Gasteiger partial charge on any atom is 0.129 e. The summed E-state index contributed by atoms with van der Waals surface area (Å²) in [5.74, 6) is 0.926. The second-order valence-electron chi connectivity index (χ2n) is 5.58. The molecule has 0 N–H and O–H groups in total. The fourth-order valence-electron chi connectivity index (χ4n) is 3.34.